The molecule has 0 aromatic carbocycles. The average molecular weight is 272 g/mol. The first-order chi connectivity index (χ1) is 5.00. The van der Waals surface area contributed by atoms with Gasteiger partial charge in [-0.25, -0.2) is 4.39 Å². The Balaban J connectivity index is 2.80. The Hall–Kier alpha value is 0.130. The topological polar surface area (TPSA) is 26.3 Å². The first-order valence-corrected chi connectivity index (χ1v) is 4.94. The van der Waals surface area contributed by atoms with E-state index in [1.165, 1.54) is 0 Å². The summed E-state index contributed by atoms with van der Waals surface area (Å²) in [6, 6.07) is 0. The van der Waals surface area contributed by atoms with Gasteiger partial charge in [0.1, 0.15) is 6.10 Å². The van der Waals surface area contributed by atoms with Crippen LogP contribution >= 0.6 is 22.6 Å². The molecule has 1 saturated heterocycles. The first-order valence-electron chi connectivity index (χ1n) is 3.41. The molecule has 0 N–H and O–H groups in total. The van der Waals surface area contributed by atoms with Crippen molar-refractivity contribution in [2.24, 2.45) is 5.41 Å². The molecule has 2 atom stereocenters. The monoisotopic (exact) mass is 272 g/mol. The second-order valence-electron chi connectivity index (χ2n) is 3.22. The van der Waals surface area contributed by atoms with Crippen molar-refractivity contribution in [1.29, 1.82) is 0 Å². The number of cyclic esters (lactones) is 1. The van der Waals surface area contributed by atoms with E-state index in [-0.39, 0.29) is 0 Å². The summed E-state index contributed by atoms with van der Waals surface area (Å²) in [5, 5.41) is 0. The first kappa shape index (κ1) is 9.22. The Bertz CT molecular complexity index is 181. The summed E-state index contributed by atoms with van der Waals surface area (Å²) in [6.07, 6.45) is -1.70. The highest BCUT2D eigenvalue weighted by Gasteiger charge is 2.51. The number of alkyl halides is 2. The minimum Gasteiger partial charge on any atom is -0.458 e. The molecule has 11 heavy (non-hydrogen) atoms. The molecule has 1 aliphatic rings. The molecule has 1 rings (SSSR count). The van der Waals surface area contributed by atoms with Gasteiger partial charge in [0, 0.05) is 4.43 Å². The fraction of sp³-hybridized carbons (Fsp3) is 0.857. The number of esters is 1. The Kier molecular flexibility index (Phi) is 2.41. The van der Waals surface area contributed by atoms with Crippen LogP contribution in [0.1, 0.15) is 13.8 Å². The summed E-state index contributed by atoms with van der Waals surface area (Å²) in [5.41, 5.74) is -0.949. The van der Waals surface area contributed by atoms with E-state index in [4.69, 9.17) is 4.74 Å². The zero-order chi connectivity index (χ0) is 8.65. The van der Waals surface area contributed by atoms with Gasteiger partial charge in [0.05, 0.1) is 5.41 Å². The van der Waals surface area contributed by atoms with Crippen LogP contribution in [-0.4, -0.2) is 22.7 Å². The van der Waals surface area contributed by atoms with Crippen LogP contribution in [0.3, 0.4) is 0 Å². The number of hydrogen-bond donors (Lipinski definition) is 0. The fourth-order valence-electron chi connectivity index (χ4n) is 1.04. The number of carbonyl (C=O) groups excluding carboxylic acids is 1. The molecule has 0 unspecified atom stereocenters. The van der Waals surface area contributed by atoms with Gasteiger partial charge >= 0.3 is 5.97 Å². The minimum atomic E-state index is -1.16. The predicted molar refractivity (Wildman–Crippen MR) is 47.4 cm³/mol. The standard InChI is InChI=1S/C7H10FIO2/c1-7(2)5(8)4(3-9)11-6(7)10/h4-5H,3H2,1-2H3/t4-,5+/m1/s1. The van der Waals surface area contributed by atoms with Crippen LogP contribution in [0, 0.1) is 5.41 Å². The van der Waals surface area contributed by atoms with Crippen LogP contribution in [0.4, 0.5) is 4.39 Å². The zero-order valence-corrected chi connectivity index (χ0v) is 8.59. The molecule has 0 amide bonds. The van der Waals surface area contributed by atoms with Crippen molar-refractivity contribution < 1.29 is 13.9 Å². The lowest BCUT2D eigenvalue weighted by molar-refractivity contribution is -0.146. The molecule has 1 heterocycles. The fourth-order valence-corrected chi connectivity index (χ4v) is 1.66. The van der Waals surface area contributed by atoms with E-state index in [0.717, 1.165) is 0 Å². The maximum absolute atomic E-state index is 13.3. The molecule has 0 aliphatic carbocycles. The van der Waals surface area contributed by atoms with Crippen molar-refractivity contribution in [3.63, 3.8) is 0 Å². The highest BCUT2D eigenvalue weighted by atomic mass is 127. The molecule has 0 spiro atoms. The predicted octanol–water partition coefficient (Wildman–Crippen LogP) is 1.71. The van der Waals surface area contributed by atoms with Gasteiger partial charge in [0.2, 0.25) is 0 Å². The molecule has 0 aromatic rings. The summed E-state index contributed by atoms with van der Waals surface area (Å²) in [6.45, 7) is 3.15. The van der Waals surface area contributed by atoms with Gasteiger partial charge in [0.25, 0.3) is 0 Å². The lowest BCUT2D eigenvalue weighted by Crippen LogP contribution is -2.30. The second-order valence-corrected chi connectivity index (χ2v) is 4.10. The SMILES string of the molecule is CC1(C)C(=O)O[C@H](CI)[C@@H]1F. The van der Waals surface area contributed by atoms with Crippen molar-refractivity contribution in [1.82, 2.24) is 0 Å². The van der Waals surface area contributed by atoms with Crippen molar-refractivity contribution in [2.45, 2.75) is 26.1 Å². The lowest BCUT2D eigenvalue weighted by Gasteiger charge is -2.15. The molecular weight excluding hydrogens is 262 g/mol. The largest absolute Gasteiger partial charge is 0.458 e. The van der Waals surface area contributed by atoms with Gasteiger partial charge in [-0.05, 0) is 13.8 Å². The van der Waals surface area contributed by atoms with Crippen LogP contribution in [0.25, 0.3) is 0 Å². The van der Waals surface area contributed by atoms with E-state index in [1.807, 2.05) is 22.6 Å². The van der Waals surface area contributed by atoms with Gasteiger partial charge in [-0.15, -0.1) is 0 Å². The Morgan fingerprint density at radius 1 is 1.73 bits per heavy atom. The lowest BCUT2D eigenvalue weighted by atomic mass is 9.88. The van der Waals surface area contributed by atoms with Crippen molar-refractivity contribution in [3.05, 3.63) is 0 Å². The molecule has 4 heteroatoms. The van der Waals surface area contributed by atoms with Crippen molar-refractivity contribution in [3.8, 4) is 0 Å². The highest BCUT2D eigenvalue weighted by Crippen LogP contribution is 2.36. The third kappa shape index (κ3) is 1.37. The summed E-state index contributed by atoms with van der Waals surface area (Å²) >= 11 is 2.01. The van der Waals surface area contributed by atoms with E-state index in [2.05, 4.69) is 0 Å². The van der Waals surface area contributed by atoms with E-state index in [0.29, 0.717) is 4.43 Å². The molecule has 64 valence electrons. The Morgan fingerprint density at radius 3 is 2.45 bits per heavy atom. The number of carbonyl (C=O) groups is 1. The van der Waals surface area contributed by atoms with Crippen LogP contribution in [0.15, 0.2) is 0 Å². The van der Waals surface area contributed by atoms with Crippen LogP contribution in [0.2, 0.25) is 0 Å². The molecule has 2 nitrogen and oxygen atoms in total. The quantitative estimate of drug-likeness (QED) is 0.412. The van der Waals surface area contributed by atoms with E-state index in [9.17, 15) is 9.18 Å². The smallest absolute Gasteiger partial charge is 0.315 e. The van der Waals surface area contributed by atoms with Crippen molar-refractivity contribution in [2.75, 3.05) is 4.43 Å². The van der Waals surface area contributed by atoms with Gasteiger partial charge in [-0.3, -0.25) is 4.79 Å². The Morgan fingerprint density at radius 2 is 2.27 bits per heavy atom. The minimum absolute atomic E-state index is 0.424. The van der Waals surface area contributed by atoms with E-state index >= 15 is 0 Å². The number of ether oxygens (including phenoxy) is 1. The van der Waals surface area contributed by atoms with Gasteiger partial charge in [0.15, 0.2) is 6.17 Å². The van der Waals surface area contributed by atoms with Gasteiger partial charge in [-0.1, -0.05) is 22.6 Å². The van der Waals surface area contributed by atoms with Crippen molar-refractivity contribution >= 4 is 28.6 Å². The molecular formula is C7H10FIO2. The molecule has 1 aliphatic heterocycles. The number of halogens is 2. The summed E-state index contributed by atoms with van der Waals surface area (Å²) in [5.74, 6) is -0.424. The molecule has 1 fully saturated rings. The molecule has 0 radical (unpaired) electrons. The Labute approximate surface area is 78.6 Å². The highest BCUT2D eigenvalue weighted by molar-refractivity contribution is 14.1. The summed E-state index contributed by atoms with van der Waals surface area (Å²) in [4.78, 5) is 11.0. The van der Waals surface area contributed by atoms with Gasteiger partial charge in [-0.2, -0.15) is 0 Å². The zero-order valence-electron chi connectivity index (χ0n) is 6.43. The number of rotatable bonds is 1. The maximum atomic E-state index is 13.3. The third-order valence-corrected chi connectivity index (χ3v) is 2.82. The normalized spacial score (nSPS) is 35.5. The average Bonchev–Trinajstić information content (AvgIpc) is 2.14. The molecule has 0 bridgehead atoms. The second kappa shape index (κ2) is 2.88. The molecule has 0 saturated carbocycles. The van der Waals surface area contributed by atoms with Crippen LogP contribution in [0.5, 0.6) is 0 Å². The van der Waals surface area contributed by atoms with Crippen LogP contribution in [-0.2, 0) is 9.53 Å². The number of hydrogen-bond acceptors (Lipinski definition) is 2. The summed E-state index contributed by atoms with van der Waals surface area (Å²) < 4.78 is 18.6. The molecule has 0 aromatic heterocycles. The van der Waals surface area contributed by atoms with Crippen LogP contribution < -0.4 is 0 Å². The summed E-state index contributed by atoms with van der Waals surface area (Å²) in [7, 11) is 0. The maximum Gasteiger partial charge on any atom is 0.315 e. The van der Waals surface area contributed by atoms with E-state index in [1.54, 1.807) is 13.8 Å². The van der Waals surface area contributed by atoms with E-state index < -0.39 is 23.7 Å². The third-order valence-electron chi connectivity index (χ3n) is 1.95. The van der Waals surface area contributed by atoms with Gasteiger partial charge < -0.3 is 4.74 Å².